The van der Waals surface area contributed by atoms with Gasteiger partial charge in [0.1, 0.15) is 5.82 Å². The van der Waals surface area contributed by atoms with Gasteiger partial charge in [-0.1, -0.05) is 31.2 Å². The predicted octanol–water partition coefficient (Wildman–Crippen LogP) is 4.84. The Bertz CT molecular complexity index is 1210. The molecule has 1 saturated carbocycles. The molecule has 1 aromatic heterocycles. The standard InChI is InChI=1S/C30H34FN3O3/c1-2-21-5-7-22(8-6-21)17-32-18-24-25(19-32)26(24)20-34(30(35)29-4-3-13-37-29)23-9-10-28(27(31)16-23)33-11-14-36-15-12-33/h3-10,13,16,24-26H,2,11-12,14-15,17-20H2,1H3. The molecule has 37 heavy (non-hydrogen) atoms. The molecule has 2 atom stereocenters. The zero-order valence-electron chi connectivity index (χ0n) is 21.3. The van der Waals surface area contributed by atoms with Crippen molar-refractivity contribution in [2.24, 2.45) is 17.8 Å². The molecule has 1 amide bonds. The fourth-order valence-corrected chi connectivity index (χ4v) is 6.05. The fraction of sp³-hybridized carbons (Fsp3) is 0.433. The summed E-state index contributed by atoms with van der Waals surface area (Å²) in [5.74, 6) is 1.30. The highest BCUT2D eigenvalue weighted by molar-refractivity contribution is 6.04. The van der Waals surface area contributed by atoms with Crippen LogP contribution in [0, 0.1) is 23.6 Å². The van der Waals surface area contributed by atoms with Crippen LogP contribution in [0.2, 0.25) is 0 Å². The minimum atomic E-state index is -0.312. The topological polar surface area (TPSA) is 49.2 Å². The summed E-state index contributed by atoms with van der Waals surface area (Å²) in [5.41, 5.74) is 3.85. The third kappa shape index (κ3) is 5.03. The third-order valence-electron chi connectivity index (χ3n) is 8.25. The number of hydrogen-bond acceptors (Lipinski definition) is 5. The Morgan fingerprint density at radius 3 is 2.41 bits per heavy atom. The minimum absolute atomic E-state index is 0.221. The Kier molecular flexibility index (Phi) is 6.74. The first-order valence-electron chi connectivity index (χ1n) is 13.4. The normalized spacial score (nSPS) is 23.2. The quantitative estimate of drug-likeness (QED) is 0.440. The Hall–Kier alpha value is -3.16. The smallest absolute Gasteiger partial charge is 0.293 e. The maximum Gasteiger partial charge on any atom is 0.293 e. The number of furan rings is 1. The van der Waals surface area contributed by atoms with Gasteiger partial charge in [0, 0.05) is 45.0 Å². The molecule has 0 spiro atoms. The zero-order valence-corrected chi connectivity index (χ0v) is 21.3. The van der Waals surface area contributed by atoms with E-state index in [1.54, 1.807) is 23.1 Å². The van der Waals surface area contributed by atoms with Crippen LogP contribution in [0.4, 0.5) is 15.8 Å². The first kappa shape index (κ1) is 24.2. The van der Waals surface area contributed by atoms with Gasteiger partial charge in [-0.15, -0.1) is 0 Å². The average Bonchev–Trinajstić information content (AvgIpc) is 3.31. The first-order chi connectivity index (χ1) is 18.1. The summed E-state index contributed by atoms with van der Waals surface area (Å²) in [4.78, 5) is 19.6. The van der Waals surface area contributed by atoms with Crippen molar-refractivity contribution in [1.29, 1.82) is 0 Å². The van der Waals surface area contributed by atoms with Crippen molar-refractivity contribution in [2.45, 2.75) is 19.9 Å². The molecule has 0 radical (unpaired) electrons. The first-order valence-corrected chi connectivity index (χ1v) is 13.4. The van der Waals surface area contributed by atoms with Gasteiger partial charge < -0.3 is 19.0 Å². The fourth-order valence-electron chi connectivity index (χ4n) is 6.05. The molecule has 0 bridgehead atoms. The lowest BCUT2D eigenvalue weighted by Gasteiger charge is -2.30. The van der Waals surface area contributed by atoms with E-state index >= 15 is 4.39 Å². The molecule has 2 unspecified atom stereocenters. The number of carbonyl (C=O) groups excluding carboxylic acids is 1. The van der Waals surface area contributed by atoms with Crippen LogP contribution < -0.4 is 9.80 Å². The van der Waals surface area contributed by atoms with Crippen molar-refractivity contribution in [3.8, 4) is 0 Å². The van der Waals surface area contributed by atoms with Crippen LogP contribution in [0.3, 0.4) is 0 Å². The van der Waals surface area contributed by atoms with E-state index in [4.69, 9.17) is 9.15 Å². The molecule has 0 N–H and O–H groups in total. The van der Waals surface area contributed by atoms with Crippen LogP contribution in [-0.2, 0) is 17.7 Å². The summed E-state index contributed by atoms with van der Waals surface area (Å²) in [6.07, 6.45) is 2.56. The number of anilines is 2. The van der Waals surface area contributed by atoms with E-state index in [0.717, 1.165) is 26.1 Å². The summed E-state index contributed by atoms with van der Waals surface area (Å²) in [6, 6.07) is 17.4. The molecule has 3 fully saturated rings. The minimum Gasteiger partial charge on any atom is -0.459 e. The van der Waals surface area contributed by atoms with Crippen molar-refractivity contribution in [1.82, 2.24) is 4.90 Å². The maximum atomic E-state index is 15.2. The number of halogens is 1. The second kappa shape index (κ2) is 10.3. The summed E-state index contributed by atoms with van der Waals surface area (Å²) >= 11 is 0. The average molecular weight is 504 g/mol. The predicted molar refractivity (Wildman–Crippen MR) is 141 cm³/mol. The van der Waals surface area contributed by atoms with Gasteiger partial charge in [0.25, 0.3) is 5.91 Å². The van der Waals surface area contributed by atoms with Gasteiger partial charge in [-0.2, -0.15) is 0 Å². The second-order valence-electron chi connectivity index (χ2n) is 10.5. The number of morpholine rings is 1. The molecule has 6 nitrogen and oxygen atoms in total. The van der Waals surface area contributed by atoms with Crippen LogP contribution >= 0.6 is 0 Å². The molecule has 6 rings (SSSR count). The van der Waals surface area contributed by atoms with Gasteiger partial charge in [-0.25, -0.2) is 4.39 Å². The van der Waals surface area contributed by atoms with E-state index in [0.29, 0.717) is 62.0 Å². The summed E-state index contributed by atoms with van der Waals surface area (Å²) in [6.45, 7) is 8.31. The number of hydrogen-bond donors (Lipinski definition) is 0. The molecule has 194 valence electrons. The van der Waals surface area contributed by atoms with Gasteiger partial charge >= 0.3 is 0 Å². The van der Waals surface area contributed by atoms with E-state index in [1.165, 1.54) is 23.5 Å². The molecular formula is C30H34FN3O3. The Morgan fingerprint density at radius 2 is 1.76 bits per heavy atom. The molecule has 3 aromatic rings. The summed E-state index contributed by atoms with van der Waals surface area (Å²) < 4.78 is 26.1. The largest absolute Gasteiger partial charge is 0.459 e. The number of benzene rings is 2. The highest BCUT2D eigenvalue weighted by atomic mass is 19.1. The van der Waals surface area contributed by atoms with E-state index in [1.807, 2.05) is 11.0 Å². The van der Waals surface area contributed by atoms with Crippen LogP contribution in [-0.4, -0.2) is 56.7 Å². The molecule has 7 heteroatoms. The Balaban J connectivity index is 1.14. The van der Waals surface area contributed by atoms with Crippen molar-refractivity contribution >= 4 is 17.3 Å². The van der Waals surface area contributed by atoms with E-state index < -0.39 is 0 Å². The van der Waals surface area contributed by atoms with Crippen molar-refractivity contribution in [3.05, 3.63) is 83.6 Å². The zero-order chi connectivity index (χ0) is 25.4. The number of ether oxygens (including phenoxy) is 1. The number of fused-ring (bicyclic) bond motifs is 1. The molecule has 2 aliphatic heterocycles. The molecule has 2 aromatic carbocycles. The van der Waals surface area contributed by atoms with Crippen LogP contribution in [0.15, 0.2) is 65.3 Å². The van der Waals surface area contributed by atoms with Crippen molar-refractivity contribution in [3.63, 3.8) is 0 Å². The lowest BCUT2D eigenvalue weighted by Crippen LogP contribution is -2.37. The third-order valence-corrected chi connectivity index (χ3v) is 8.25. The number of piperidine rings is 1. The van der Waals surface area contributed by atoms with Crippen molar-refractivity contribution < 1.29 is 18.3 Å². The number of likely N-dealkylation sites (tertiary alicyclic amines) is 1. The molecule has 1 aliphatic carbocycles. The van der Waals surface area contributed by atoms with E-state index in [9.17, 15) is 4.79 Å². The lowest BCUT2D eigenvalue weighted by molar-refractivity contribution is 0.0957. The Morgan fingerprint density at radius 1 is 1.03 bits per heavy atom. The number of aryl methyl sites for hydroxylation is 1. The van der Waals surface area contributed by atoms with E-state index in [-0.39, 0.29) is 17.5 Å². The van der Waals surface area contributed by atoms with Crippen LogP contribution in [0.1, 0.15) is 28.6 Å². The Labute approximate surface area is 217 Å². The number of rotatable bonds is 8. The van der Waals surface area contributed by atoms with Gasteiger partial charge in [-0.3, -0.25) is 9.69 Å². The second-order valence-corrected chi connectivity index (χ2v) is 10.5. The maximum absolute atomic E-state index is 15.2. The highest BCUT2D eigenvalue weighted by Crippen LogP contribution is 2.52. The molecule has 3 aliphatic rings. The number of amides is 1. The van der Waals surface area contributed by atoms with Gasteiger partial charge in [-0.05, 0) is 65.6 Å². The lowest BCUT2D eigenvalue weighted by atomic mass is 10.1. The number of nitrogens with zero attached hydrogens (tertiary/aromatic N) is 3. The van der Waals surface area contributed by atoms with Crippen LogP contribution in [0.5, 0.6) is 0 Å². The monoisotopic (exact) mass is 503 g/mol. The van der Waals surface area contributed by atoms with Gasteiger partial charge in [0.2, 0.25) is 0 Å². The summed E-state index contributed by atoms with van der Waals surface area (Å²) in [5, 5.41) is 0. The van der Waals surface area contributed by atoms with Gasteiger partial charge in [0.15, 0.2) is 5.76 Å². The van der Waals surface area contributed by atoms with Gasteiger partial charge in [0.05, 0.1) is 25.2 Å². The van der Waals surface area contributed by atoms with E-state index in [2.05, 4.69) is 36.1 Å². The number of carbonyl (C=O) groups is 1. The summed E-state index contributed by atoms with van der Waals surface area (Å²) in [7, 11) is 0. The van der Waals surface area contributed by atoms with Crippen LogP contribution in [0.25, 0.3) is 0 Å². The van der Waals surface area contributed by atoms with Crippen molar-refractivity contribution in [2.75, 3.05) is 55.7 Å². The molecule has 3 heterocycles. The highest BCUT2D eigenvalue weighted by Gasteiger charge is 2.56. The SMILES string of the molecule is CCc1ccc(CN2CC3C(C2)C3CN(C(=O)c2ccco2)c2ccc(N3CCOCC3)c(F)c2)cc1. The molecular weight excluding hydrogens is 469 g/mol. The molecule has 2 saturated heterocycles.